The molecule has 0 aromatic carbocycles. The largest absolute Gasteiger partial charge is 0.369 e. The van der Waals surface area contributed by atoms with E-state index < -0.39 is 0 Å². The molecule has 2 aromatic heterocycles. The second kappa shape index (κ2) is 6.01. The number of ether oxygens (including phenoxy) is 1. The van der Waals surface area contributed by atoms with Crippen LogP contribution in [0.3, 0.4) is 0 Å². The van der Waals surface area contributed by atoms with Gasteiger partial charge in [-0.1, -0.05) is 0 Å². The predicted molar refractivity (Wildman–Crippen MR) is 93.2 cm³/mol. The third-order valence-corrected chi connectivity index (χ3v) is 6.58. The normalized spacial score (nSPS) is 19.5. The molecule has 4 heterocycles. The highest BCUT2D eigenvalue weighted by Gasteiger charge is 2.42. The molecule has 1 saturated heterocycles. The Labute approximate surface area is 146 Å². The summed E-state index contributed by atoms with van der Waals surface area (Å²) in [5.41, 5.74) is 4.24. The van der Waals surface area contributed by atoms with Crippen LogP contribution in [0.1, 0.15) is 40.2 Å². The summed E-state index contributed by atoms with van der Waals surface area (Å²) in [6.07, 6.45) is 3.25. The van der Waals surface area contributed by atoms with Gasteiger partial charge in [0.1, 0.15) is 5.60 Å². The smallest absolute Gasteiger partial charge is 0.227 e. The molecule has 0 bridgehead atoms. The molecule has 0 saturated carbocycles. The van der Waals surface area contributed by atoms with Crippen molar-refractivity contribution >= 4 is 17.2 Å². The summed E-state index contributed by atoms with van der Waals surface area (Å²) in [5.74, 6) is 0.194. The van der Waals surface area contributed by atoms with Crippen LogP contribution in [0.2, 0.25) is 0 Å². The fourth-order valence-corrected chi connectivity index (χ4v) is 5.11. The van der Waals surface area contributed by atoms with Gasteiger partial charge in [-0.15, -0.1) is 11.3 Å². The number of aryl methyl sites for hydroxylation is 2. The zero-order valence-electron chi connectivity index (χ0n) is 14.2. The Morgan fingerprint density at radius 2 is 2.21 bits per heavy atom. The Balaban J connectivity index is 1.45. The molecule has 1 N–H and O–H groups in total. The first-order chi connectivity index (χ1) is 11.6. The molecule has 1 fully saturated rings. The van der Waals surface area contributed by atoms with Crippen LogP contribution in [0.25, 0.3) is 0 Å². The summed E-state index contributed by atoms with van der Waals surface area (Å²) in [7, 11) is 0. The van der Waals surface area contributed by atoms with Gasteiger partial charge in [0.2, 0.25) is 5.91 Å². The van der Waals surface area contributed by atoms with Gasteiger partial charge in [0.15, 0.2) is 0 Å². The van der Waals surface area contributed by atoms with E-state index in [2.05, 4.69) is 21.6 Å². The maximum atomic E-state index is 12.7. The van der Waals surface area contributed by atoms with Gasteiger partial charge in [-0.3, -0.25) is 9.89 Å². The van der Waals surface area contributed by atoms with Crippen molar-refractivity contribution in [3.63, 3.8) is 0 Å². The summed E-state index contributed by atoms with van der Waals surface area (Å²) in [6.45, 7) is 6.26. The molecule has 6 heteroatoms. The predicted octanol–water partition coefficient (Wildman–Crippen LogP) is 2.72. The molecule has 2 aliphatic heterocycles. The number of hydrogen-bond acceptors (Lipinski definition) is 4. The van der Waals surface area contributed by atoms with E-state index in [9.17, 15) is 4.79 Å². The van der Waals surface area contributed by atoms with Crippen LogP contribution < -0.4 is 0 Å². The lowest BCUT2D eigenvalue weighted by atomic mass is 9.85. The van der Waals surface area contributed by atoms with Crippen molar-refractivity contribution in [2.45, 2.75) is 45.1 Å². The minimum Gasteiger partial charge on any atom is -0.369 e. The van der Waals surface area contributed by atoms with Crippen LogP contribution in [0.4, 0.5) is 0 Å². The summed E-state index contributed by atoms with van der Waals surface area (Å²) in [5, 5.41) is 9.32. The third-order valence-electron chi connectivity index (χ3n) is 5.44. The lowest BCUT2D eigenvalue weighted by molar-refractivity contribution is -0.139. The molecule has 1 spiro atoms. The topological polar surface area (TPSA) is 58.2 Å². The molecule has 0 radical (unpaired) electrons. The average molecular weight is 345 g/mol. The van der Waals surface area contributed by atoms with E-state index >= 15 is 0 Å². The number of rotatable bonds is 2. The van der Waals surface area contributed by atoms with Gasteiger partial charge in [0.05, 0.1) is 18.7 Å². The van der Waals surface area contributed by atoms with Gasteiger partial charge in [-0.25, -0.2) is 0 Å². The Morgan fingerprint density at radius 3 is 2.92 bits per heavy atom. The molecule has 0 atom stereocenters. The van der Waals surface area contributed by atoms with Crippen molar-refractivity contribution < 1.29 is 9.53 Å². The minimum absolute atomic E-state index is 0.153. The maximum Gasteiger partial charge on any atom is 0.227 e. The molecule has 0 unspecified atom stereocenters. The number of carbonyl (C=O) groups excluding carboxylic acids is 1. The quantitative estimate of drug-likeness (QED) is 0.910. The third kappa shape index (κ3) is 2.58. The first-order valence-corrected chi connectivity index (χ1v) is 9.46. The van der Waals surface area contributed by atoms with Crippen LogP contribution in [-0.4, -0.2) is 40.7 Å². The Bertz CT molecular complexity index is 737. The SMILES string of the molecule is Cc1n[nH]c(C)c1CC(=O)N1CCC2(CC1)OCCc1ccsc12. The van der Waals surface area contributed by atoms with E-state index in [0.29, 0.717) is 6.42 Å². The summed E-state index contributed by atoms with van der Waals surface area (Å²) < 4.78 is 6.22. The molecular formula is C18H23N3O2S. The van der Waals surface area contributed by atoms with Crippen molar-refractivity contribution in [2.75, 3.05) is 19.7 Å². The molecule has 2 aromatic rings. The van der Waals surface area contributed by atoms with Crippen molar-refractivity contribution in [1.82, 2.24) is 15.1 Å². The zero-order valence-corrected chi connectivity index (χ0v) is 15.0. The van der Waals surface area contributed by atoms with E-state index in [0.717, 1.165) is 55.9 Å². The van der Waals surface area contributed by atoms with Gasteiger partial charge in [0.25, 0.3) is 0 Å². The van der Waals surface area contributed by atoms with Gasteiger partial charge in [0, 0.05) is 29.2 Å². The van der Waals surface area contributed by atoms with Crippen LogP contribution in [0.15, 0.2) is 11.4 Å². The fourth-order valence-electron chi connectivity index (χ4n) is 3.94. The second-order valence-corrected chi connectivity index (χ2v) is 7.75. The zero-order chi connectivity index (χ0) is 16.7. The van der Waals surface area contributed by atoms with E-state index in [-0.39, 0.29) is 11.5 Å². The number of hydrogen-bond donors (Lipinski definition) is 1. The van der Waals surface area contributed by atoms with E-state index in [4.69, 9.17) is 4.74 Å². The highest BCUT2D eigenvalue weighted by molar-refractivity contribution is 7.10. The number of aromatic amines is 1. The molecule has 1 amide bonds. The van der Waals surface area contributed by atoms with Gasteiger partial charge < -0.3 is 9.64 Å². The van der Waals surface area contributed by atoms with Crippen molar-refractivity contribution in [2.24, 2.45) is 0 Å². The number of H-pyrrole nitrogens is 1. The first kappa shape index (κ1) is 15.8. The van der Waals surface area contributed by atoms with Crippen molar-refractivity contribution in [3.05, 3.63) is 38.8 Å². The number of nitrogens with one attached hydrogen (secondary N) is 1. The lowest BCUT2D eigenvalue weighted by Gasteiger charge is -2.43. The molecule has 5 nitrogen and oxygen atoms in total. The number of likely N-dealkylation sites (tertiary alicyclic amines) is 1. The molecular weight excluding hydrogens is 322 g/mol. The highest BCUT2D eigenvalue weighted by atomic mass is 32.1. The molecule has 2 aliphatic rings. The van der Waals surface area contributed by atoms with Crippen LogP contribution >= 0.6 is 11.3 Å². The number of amides is 1. The fraction of sp³-hybridized carbons (Fsp3) is 0.556. The van der Waals surface area contributed by atoms with Crippen LogP contribution in [0, 0.1) is 13.8 Å². The van der Waals surface area contributed by atoms with Crippen LogP contribution in [-0.2, 0) is 28.0 Å². The Kier molecular flexibility index (Phi) is 3.96. The highest BCUT2D eigenvalue weighted by Crippen LogP contribution is 2.44. The van der Waals surface area contributed by atoms with Gasteiger partial charge in [-0.2, -0.15) is 5.10 Å². The minimum atomic E-state index is -0.153. The number of fused-ring (bicyclic) bond motifs is 2. The summed E-state index contributed by atoms with van der Waals surface area (Å²) in [6, 6.07) is 2.23. The number of piperidine rings is 1. The lowest BCUT2D eigenvalue weighted by Crippen LogP contribution is -2.48. The number of thiophene rings is 1. The van der Waals surface area contributed by atoms with E-state index in [1.165, 1.54) is 10.4 Å². The second-order valence-electron chi connectivity index (χ2n) is 6.84. The Hall–Kier alpha value is -1.66. The monoisotopic (exact) mass is 345 g/mol. The molecule has 24 heavy (non-hydrogen) atoms. The van der Waals surface area contributed by atoms with Gasteiger partial charge in [-0.05, 0) is 50.1 Å². The van der Waals surface area contributed by atoms with E-state index in [1.807, 2.05) is 30.1 Å². The van der Waals surface area contributed by atoms with Gasteiger partial charge >= 0.3 is 0 Å². The van der Waals surface area contributed by atoms with Crippen molar-refractivity contribution in [3.8, 4) is 0 Å². The summed E-state index contributed by atoms with van der Waals surface area (Å²) in [4.78, 5) is 16.1. The molecule has 128 valence electrons. The molecule has 0 aliphatic carbocycles. The maximum absolute atomic E-state index is 12.7. The summed E-state index contributed by atoms with van der Waals surface area (Å²) >= 11 is 1.81. The Morgan fingerprint density at radius 1 is 1.42 bits per heavy atom. The standard InChI is InChI=1S/C18H23N3O2S/c1-12-15(13(2)20-19-12)11-16(22)21-7-5-18(6-8-21)17-14(3-9-23-18)4-10-24-17/h4,10H,3,5-9,11H2,1-2H3,(H,19,20). The number of carbonyl (C=O) groups is 1. The molecule has 4 rings (SSSR count). The van der Waals surface area contributed by atoms with Crippen molar-refractivity contribution in [1.29, 1.82) is 0 Å². The van der Waals surface area contributed by atoms with Crippen LogP contribution in [0.5, 0.6) is 0 Å². The first-order valence-electron chi connectivity index (χ1n) is 8.58. The number of aromatic nitrogens is 2. The van der Waals surface area contributed by atoms with E-state index in [1.54, 1.807) is 0 Å². The number of nitrogens with zero attached hydrogens (tertiary/aromatic N) is 2. The average Bonchev–Trinajstić information content (AvgIpc) is 3.19.